The van der Waals surface area contributed by atoms with Crippen LogP contribution in [0, 0.1) is 0 Å². The van der Waals surface area contributed by atoms with Crippen LogP contribution >= 0.6 is 0 Å². The number of nitrogens with zero attached hydrogens (tertiary/aromatic N) is 1. The summed E-state index contributed by atoms with van der Waals surface area (Å²) in [6.07, 6.45) is 2.48. The summed E-state index contributed by atoms with van der Waals surface area (Å²) >= 11 is 0. The minimum atomic E-state index is 0.156. The molecule has 3 heteroatoms. The molecule has 0 saturated heterocycles. The van der Waals surface area contributed by atoms with Crippen LogP contribution in [0.5, 0.6) is 0 Å². The zero-order valence-corrected chi connectivity index (χ0v) is 15.0. The van der Waals surface area contributed by atoms with E-state index in [0.717, 1.165) is 18.5 Å². The number of nitrogens with one attached hydrogen (secondary N) is 1. The van der Waals surface area contributed by atoms with Crippen molar-refractivity contribution in [1.82, 2.24) is 0 Å². The fraction of sp³-hybridized carbons (Fsp3) is 0.381. The molecule has 0 aliphatic heterocycles. The van der Waals surface area contributed by atoms with Crippen molar-refractivity contribution in [2.24, 2.45) is 0 Å². The fourth-order valence-corrected chi connectivity index (χ4v) is 3.01. The van der Waals surface area contributed by atoms with E-state index in [-0.39, 0.29) is 5.91 Å². The van der Waals surface area contributed by atoms with Gasteiger partial charge in [-0.2, -0.15) is 0 Å². The second kappa shape index (κ2) is 9.11. The van der Waals surface area contributed by atoms with Crippen LogP contribution in [0.15, 0.2) is 48.5 Å². The van der Waals surface area contributed by atoms with E-state index >= 15 is 0 Å². The van der Waals surface area contributed by atoms with Gasteiger partial charge < -0.3 is 10.2 Å². The Morgan fingerprint density at radius 3 is 2.08 bits per heavy atom. The zero-order chi connectivity index (χ0) is 17.4. The molecule has 1 N–H and O–H groups in total. The van der Waals surface area contributed by atoms with Crippen molar-refractivity contribution >= 4 is 17.3 Å². The lowest BCUT2D eigenvalue weighted by Gasteiger charge is -2.22. The third-order valence-corrected chi connectivity index (χ3v) is 4.32. The summed E-state index contributed by atoms with van der Waals surface area (Å²) < 4.78 is 0. The van der Waals surface area contributed by atoms with Crippen molar-refractivity contribution < 1.29 is 4.79 Å². The normalized spacial score (nSPS) is 10.5. The van der Waals surface area contributed by atoms with Crippen LogP contribution in [-0.4, -0.2) is 19.0 Å². The molecule has 24 heavy (non-hydrogen) atoms. The average molecular weight is 324 g/mol. The molecule has 0 saturated carbocycles. The fourth-order valence-electron chi connectivity index (χ4n) is 3.01. The smallest absolute Gasteiger partial charge is 0.228 e. The molecule has 2 aromatic rings. The van der Waals surface area contributed by atoms with E-state index in [1.54, 1.807) is 0 Å². The Labute approximate surface area is 145 Å². The summed E-state index contributed by atoms with van der Waals surface area (Å²) in [6.45, 7) is 7.69. The average Bonchev–Trinajstić information content (AvgIpc) is 2.63. The van der Waals surface area contributed by atoms with Gasteiger partial charge in [-0.3, -0.25) is 4.79 Å². The van der Waals surface area contributed by atoms with Crippen LogP contribution in [0.4, 0.5) is 11.4 Å². The van der Waals surface area contributed by atoms with Crippen LogP contribution in [0.2, 0.25) is 0 Å². The lowest BCUT2D eigenvalue weighted by atomic mass is 10.0. The number of para-hydroxylation sites is 2. The molecule has 0 spiro atoms. The van der Waals surface area contributed by atoms with Gasteiger partial charge in [-0.25, -0.2) is 0 Å². The van der Waals surface area contributed by atoms with Crippen molar-refractivity contribution in [3.05, 3.63) is 59.7 Å². The molecular weight excluding hydrogens is 296 g/mol. The first kappa shape index (κ1) is 18.1. The predicted octanol–water partition coefficient (Wildman–Crippen LogP) is 4.67. The highest BCUT2D eigenvalue weighted by atomic mass is 16.2. The van der Waals surface area contributed by atoms with Gasteiger partial charge in [0.2, 0.25) is 5.91 Å². The molecule has 0 heterocycles. The maximum Gasteiger partial charge on any atom is 0.228 e. The van der Waals surface area contributed by atoms with Crippen molar-refractivity contribution in [2.75, 3.05) is 23.3 Å². The SMILES string of the molecule is CCc1cccc(CC)c1NCCC(=O)N(CC)c1ccccc1. The van der Waals surface area contributed by atoms with E-state index in [1.807, 2.05) is 42.2 Å². The molecule has 3 nitrogen and oxygen atoms in total. The highest BCUT2D eigenvalue weighted by Crippen LogP contribution is 2.22. The Morgan fingerprint density at radius 1 is 0.917 bits per heavy atom. The number of amides is 1. The van der Waals surface area contributed by atoms with Crippen LogP contribution in [0.1, 0.15) is 38.3 Å². The molecule has 2 aromatic carbocycles. The number of hydrogen-bond acceptors (Lipinski definition) is 2. The van der Waals surface area contributed by atoms with Crippen molar-refractivity contribution in [1.29, 1.82) is 0 Å². The second-order valence-electron chi connectivity index (χ2n) is 5.81. The number of anilines is 2. The number of carbonyl (C=O) groups is 1. The summed E-state index contributed by atoms with van der Waals surface area (Å²) in [4.78, 5) is 14.4. The van der Waals surface area contributed by atoms with Gasteiger partial charge in [-0.1, -0.05) is 50.2 Å². The molecule has 128 valence electrons. The summed E-state index contributed by atoms with van der Waals surface area (Å²) in [5.41, 5.74) is 4.81. The summed E-state index contributed by atoms with van der Waals surface area (Å²) in [7, 11) is 0. The van der Waals surface area contributed by atoms with Crippen molar-refractivity contribution in [3.63, 3.8) is 0 Å². The first-order valence-electron chi connectivity index (χ1n) is 8.91. The van der Waals surface area contributed by atoms with Gasteiger partial charge in [-0.15, -0.1) is 0 Å². The van der Waals surface area contributed by atoms with Gasteiger partial charge in [0.1, 0.15) is 0 Å². The second-order valence-corrected chi connectivity index (χ2v) is 5.81. The molecule has 2 rings (SSSR count). The molecule has 0 bridgehead atoms. The molecular formula is C21H28N2O. The third-order valence-electron chi connectivity index (χ3n) is 4.32. The first-order valence-corrected chi connectivity index (χ1v) is 8.91. The Balaban J connectivity index is 2.00. The zero-order valence-electron chi connectivity index (χ0n) is 15.0. The first-order chi connectivity index (χ1) is 11.7. The molecule has 1 amide bonds. The quantitative estimate of drug-likeness (QED) is 0.765. The Kier molecular flexibility index (Phi) is 6.86. The van der Waals surface area contributed by atoms with Crippen LogP contribution in [0.3, 0.4) is 0 Å². The molecule has 0 unspecified atom stereocenters. The van der Waals surface area contributed by atoms with Gasteiger partial charge >= 0.3 is 0 Å². The van der Waals surface area contributed by atoms with Gasteiger partial charge in [0.05, 0.1) is 0 Å². The molecule has 0 aliphatic rings. The summed E-state index contributed by atoms with van der Waals surface area (Å²) in [5.74, 6) is 0.156. The van der Waals surface area contributed by atoms with Gasteiger partial charge in [0, 0.05) is 30.9 Å². The van der Waals surface area contributed by atoms with E-state index in [2.05, 4.69) is 37.4 Å². The van der Waals surface area contributed by atoms with E-state index in [1.165, 1.54) is 16.8 Å². The number of carbonyl (C=O) groups excluding carboxylic acids is 1. The monoisotopic (exact) mass is 324 g/mol. The van der Waals surface area contributed by atoms with E-state index in [0.29, 0.717) is 19.5 Å². The number of benzene rings is 2. The van der Waals surface area contributed by atoms with Crippen LogP contribution < -0.4 is 10.2 Å². The lowest BCUT2D eigenvalue weighted by Crippen LogP contribution is -2.31. The van der Waals surface area contributed by atoms with Crippen molar-refractivity contribution in [2.45, 2.75) is 40.0 Å². The largest absolute Gasteiger partial charge is 0.384 e. The molecule has 0 aromatic heterocycles. The van der Waals surface area contributed by atoms with Crippen LogP contribution in [-0.2, 0) is 17.6 Å². The number of rotatable bonds is 8. The van der Waals surface area contributed by atoms with E-state index < -0.39 is 0 Å². The topological polar surface area (TPSA) is 32.3 Å². The van der Waals surface area contributed by atoms with Gasteiger partial charge in [0.15, 0.2) is 0 Å². The molecule has 0 atom stereocenters. The highest BCUT2D eigenvalue weighted by molar-refractivity contribution is 5.93. The molecule has 0 radical (unpaired) electrons. The molecule has 0 fully saturated rings. The third kappa shape index (κ3) is 4.38. The van der Waals surface area contributed by atoms with Crippen molar-refractivity contribution in [3.8, 4) is 0 Å². The maximum atomic E-state index is 12.6. The summed E-state index contributed by atoms with van der Waals surface area (Å²) in [6, 6.07) is 16.3. The minimum absolute atomic E-state index is 0.156. The summed E-state index contributed by atoms with van der Waals surface area (Å²) in [5, 5.41) is 3.50. The Morgan fingerprint density at radius 2 is 1.54 bits per heavy atom. The Bertz CT molecular complexity index is 630. The maximum absolute atomic E-state index is 12.6. The van der Waals surface area contributed by atoms with Gasteiger partial charge in [-0.05, 0) is 43.0 Å². The number of aryl methyl sites for hydroxylation is 2. The van der Waals surface area contributed by atoms with Crippen LogP contribution in [0.25, 0.3) is 0 Å². The highest BCUT2D eigenvalue weighted by Gasteiger charge is 2.13. The Hall–Kier alpha value is -2.29. The number of hydrogen-bond donors (Lipinski definition) is 1. The predicted molar refractivity (Wildman–Crippen MR) is 103 cm³/mol. The minimum Gasteiger partial charge on any atom is -0.384 e. The molecule has 0 aliphatic carbocycles. The van der Waals surface area contributed by atoms with E-state index in [9.17, 15) is 4.79 Å². The lowest BCUT2D eigenvalue weighted by molar-refractivity contribution is -0.118. The van der Waals surface area contributed by atoms with Gasteiger partial charge in [0.25, 0.3) is 0 Å². The van der Waals surface area contributed by atoms with E-state index in [4.69, 9.17) is 0 Å². The standard InChI is InChI=1S/C21H28N2O/c1-4-17-11-10-12-18(5-2)21(17)22-16-15-20(24)23(6-3)19-13-8-7-9-14-19/h7-14,22H,4-6,15-16H2,1-3H3.